The molecule has 1 fully saturated rings. The van der Waals surface area contributed by atoms with Crippen LogP contribution in [0.5, 0.6) is 5.75 Å². The van der Waals surface area contributed by atoms with Crippen molar-refractivity contribution in [3.05, 3.63) is 42.2 Å². The number of carbonyl (C=O) groups is 1. The van der Waals surface area contributed by atoms with Gasteiger partial charge in [0.15, 0.2) is 10.5 Å². The summed E-state index contributed by atoms with van der Waals surface area (Å²) in [5, 5.41) is 0. The number of halogens is 2. The molecule has 0 unspecified atom stereocenters. The van der Waals surface area contributed by atoms with Crippen LogP contribution in [0.4, 0.5) is 0 Å². The fraction of sp³-hybridized carbons (Fsp3) is 0.400. The van der Waals surface area contributed by atoms with E-state index in [4.69, 9.17) is 37.4 Å². The number of hydrogen-bond acceptors (Lipinski definition) is 4. The van der Waals surface area contributed by atoms with Gasteiger partial charge >= 0.3 is 5.97 Å². The molecule has 0 N–H and O–H groups in total. The Balaban J connectivity index is 2.27. The van der Waals surface area contributed by atoms with E-state index in [0.717, 1.165) is 0 Å². The van der Waals surface area contributed by atoms with E-state index in [2.05, 4.69) is 6.58 Å². The number of esters is 1. The van der Waals surface area contributed by atoms with Gasteiger partial charge in [0.05, 0.1) is 7.11 Å². The van der Waals surface area contributed by atoms with Crippen LogP contribution < -0.4 is 4.74 Å². The second-order valence-electron chi connectivity index (χ2n) is 5.18. The summed E-state index contributed by atoms with van der Waals surface area (Å²) in [6, 6.07) is 6.99. The molecule has 2 aliphatic rings. The van der Waals surface area contributed by atoms with Crippen LogP contribution in [0, 0.1) is 0 Å². The van der Waals surface area contributed by atoms with Crippen molar-refractivity contribution >= 4 is 29.2 Å². The first kappa shape index (κ1) is 14.7. The standard InChI is InChI=1S/C15H14Cl2O4/c1-9(19-2)14(20-3)8-13(16)12(18)21-11-7-5-4-6-10(11)15(13,14)17/h4-7H,1,8H2,2-3H3/t13-,14-,15+/m1/s1. The van der Waals surface area contributed by atoms with Crippen molar-refractivity contribution in [3.8, 4) is 5.75 Å². The normalized spacial score (nSPS) is 36.9. The second kappa shape index (κ2) is 4.38. The van der Waals surface area contributed by atoms with E-state index in [1.807, 2.05) is 0 Å². The second-order valence-corrected chi connectivity index (χ2v) is 6.39. The third-order valence-corrected chi connectivity index (χ3v) is 5.92. The predicted molar refractivity (Wildman–Crippen MR) is 78.7 cm³/mol. The summed E-state index contributed by atoms with van der Waals surface area (Å²) in [7, 11) is 2.97. The summed E-state index contributed by atoms with van der Waals surface area (Å²) >= 11 is 13.4. The van der Waals surface area contributed by atoms with Gasteiger partial charge in [-0.2, -0.15) is 0 Å². The van der Waals surface area contributed by atoms with E-state index in [9.17, 15) is 4.79 Å². The molecular formula is C15H14Cl2O4. The number of para-hydroxylation sites is 1. The molecule has 4 nitrogen and oxygen atoms in total. The third kappa shape index (κ3) is 1.43. The van der Waals surface area contributed by atoms with Gasteiger partial charge in [-0.1, -0.05) is 24.8 Å². The molecule has 21 heavy (non-hydrogen) atoms. The first-order chi connectivity index (χ1) is 9.87. The summed E-state index contributed by atoms with van der Waals surface area (Å²) in [5.41, 5.74) is -0.506. The summed E-state index contributed by atoms with van der Waals surface area (Å²) in [5.74, 6) is 0.106. The number of fused-ring (bicyclic) bond motifs is 3. The van der Waals surface area contributed by atoms with Crippen LogP contribution in [0.2, 0.25) is 0 Å². The summed E-state index contributed by atoms with van der Waals surface area (Å²) in [6.45, 7) is 3.86. The van der Waals surface area contributed by atoms with Gasteiger partial charge < -0.3 is 14.2 Å². The number of benzene rings is 1. The highest BCUT2D eigenvalue weighted by Crippen LogP contribution is 2.71. The maximum Gasteiger partial charge on any atom is 0.335 e. The Morgan fingerprint density at radius 2 is 2.00 bits per heavy atom. The van der Waals surface area contributed by atoms with Crippen molar-refractivity contribution < 1.29 is 19.0 Å². The van der Waals surface area contributed by atoms with Crippen LogP contribution in [-0.4, -0.2) is 30.7 Å². The smallest absolute Gasteiger partial charge is 0.335 e. The number of alkyl halides is 2. The molecule has 0 radical (unpaired) electrons. The molecule has 6 heteroatoms. The van der Waals surface area contributed by atoms with Crippen LogP contribution in [0.15, 0.2) is 36.6 Å². The van der Waals surface area contributed by atoms with Crippen molar-refractivity contribution in [2.45, 2.75) is 21.8 Å². The molecule has 1 aromatic carbocycles. The predicted octanol–water partition coefficient (Wildman–Crippen LogP) is 2.97. The Labute approximate surface area is 132 Å². The first-order valence-corrected chi connectivity index (χ1v) is 7.11. The van der Waals surface area contributed by atoms with Crippen LogP contribution >= 0.6 is 23.2 Å². The Morgan fingerprint density at radius 3 is 2.62 bits per heavy atom. The van der Waals surface area contributed by atoms with Gasteiger partial charge in [0, 0.05) is 19.1 Å². The molecule has 3 rings (SSSR count). The average molecular weight is 329 g/mol. The zero-order valence-electron chi connectivity index (χ0n) is 11.6. The lowest BCUT2D eigenvalue weighted by molar-refractivity contribution is -0.173. The summed E-state index contributed by atoms with van der Waals surface area (Å²) in [6.07, 6.45) is 0.126. The highest BCUT2D eigenvalue weighted by Gasteiger charge is 2.82. The van der Waals surface area contributed by atoms with Gasteiger partial charge in [0.25, 0.3) is 0 Å². The number of rotatable bonds is 3. The molecule has 0 spiro atoms. The number of methoxy groups -OCH3 is 2. The van der Waals surface area contributed by atoms with E-state index in [1.54, 1.807) is 24.3 Å². The third-order valence-electron chi connectivity index (χ3n) is 4.42. The summed E-state index contributed by atoms with van der Waals surface area (Å²) < 4.78 is 16.2. The molecule has 1 aliphatic heterocycles. The van der Waals surface area contributed by atoms with Crippen LogP contribution in [0.1, 0.15) is 12.0 Å². The van der Waals surface area contributed by atoms with E-state index < -0.39 is 21.3 Å². The number of hydrogen-bond donors (Lipinski definition) is 0. The van der Waals surface area contributed by atoms with E-state index in [0.29, 0.717) is 17.1 Å². The quantitative estimate of drug-likeness (QED) is 0.370. The lowest BCUT2D eigenvalue weighted by Gasteiger charge is -2.64. The van der Waals surface area contributed by atoms with Crippen LogP contribution in [-0.2, 0) is 19.1 Å². The van der Waals surface area contributed by atoms with Crippen molar-refractivity contribution in [1.82, 2.24) is 0 Å². The summed E-state index contributed by atoms with van der Waals surface area (Å²) in [4.78, 5) is 9.54. The Hall–Kier alpha value is -1.23. The van der Waals surface area contributed by atoms with Crippen LogP contribution in [0.3, 0.4) is 0 Å². The minimum atomic E-state index is -1.42. The molecule has 1 saturated carbocycles. The molecule has 112 valence electrons. The van der Waals surface area contributed by atoms with Crippen molar-refractivity contribution in [1.29, 1.82) is 0 Å². The topological polar surface area (TPSA) is 44.8 Å². The zero-order valence-corrected chi connectivity index (χ0v) is 13.1. The average Bonchev–Trinajstić information content (AvgIpc) is 2.49. The van der Waals surface area contributed by atoms with Crippen molar-refractivity contribution in [2.24, 2.45) is 0 Å². The van der Waals surface area contributed by atoms with Gasteiger partial charge in [-0.3, -0.25) is 0 Å². The zero-order chi connectivity index (χ0) is 15.5. The highest BCUT2D eigenvalue weighted by molar-refractivity contribution is 6.45. The Morgan fingerprint density at radius 1 is 1.33 bits per heavy atom. The minimum absolute atomic E-state index is 0.126. The molecule has 0 amide bonds. The SMILES string of the molecule is C=C(OC)[C@]1(OC)C[C@@]2(Cl)C(=O)Oc3ccccc3[C@]21Cl. The fourth-order valence-electron chi connectivity index (χ4n) is 3.25. The van der Waals surface area contributed by atoms with Gasteiger partial charge in [-0.15, -0.1) is 23.2 Å². The minimum Gasteiger partial charge on any atom is -0.499 e. The monoisotopic (exact) mass is 328 g/mol. The van der Waals surface area contributed by atoms with Crippen molar-refractivity contribution in [2.75, 3.05) is 14.2 Å². The van der Waals surface area contributed by atoms with Gasteiger partial charge in [-0.05, 0) is 6.07 Å². The molecular weight excluding hydrogens is 315 g/mol. The van der Waals surface area contributed by atoms with Gasteiger partial charge in [0.2, 0.25) is 0 Å². The van der Waals surface area contributed by atoms with Crippen molar-refractivity contribution in [3.63, 3.8) is 0 Å². The first-order valence-electron chi connectivity index (χ1n) is 6.35. The van der Waals surface area contributed by atoms with E-state index >= 15 is 0 Å². The van der Waals surface area contributed by atoms with Gasteiger partial charge in [0.1, 0.15) is 16.4 Å². The number of carbonyl (C=O) groups excluding carboxylic acids is 1. The van der Waals surface area contributed by atoms with Gasteiger partial charge in [-0.25, -0.2) is 4.79 Å². The maximum absolute atomic E-state index is 12.3. The van der Waals surface area contributed by atoms with E-state index in [1.165, 1.54) is 14.2 Å². The molecule has 1 aromatic rings. The van der Waals surface area contributed by atoms with Crippen LogP contribution in [0.25, 0.3) is 0 Å². The lowest BCUT2D eigenvalue weighted by Crippen LogP contribution is -2.78. The fourth-order valence-corrected chi connectivity index (χ4v) is 4.28. The number of ether oxygens (including phenoxy) is 3. The molecule has 0 bridgehead atoms. The molecule has 1 aliphatic carbocycles. The Bertz CT molecular complexity index is 646. The molecule has 3 atom stereocenters. The largest absolute Gasteiger partial charge is 0.499 e. The molecule has 0 aromatic heterocycles. The molecule has 1 heterocycles. The lowest BCUT2D eigenvalue weighted by atomic mass is 9.55. The highest BCUT2D eigenvalue weighted by atomic mass is 35.5. The Kier molecular flexibility index (Phi) is 3.07. The maximum atomic E-state index is 12.3. The molecule has 0 saturated heterocycles. The van der Waals surface area contributed by atoms with E-state index in [-0.39, 0.29) is 6.42 Å².